The molecule has 15 heteroatoms. The largest absolute Gasteiger partial charge is 0.508 e. The molecule has 0 radical (unpaired) electrons. The molecule has 2 aliphatic heterocycles. The summed E-state index contributed by atoms with van der Waals surface area (Å²) in [4.78, 5) is 12.3. The quantitative estimate of drug-likeness (QED) is 0.115. The summed E-state index contributed by atoms with van der Waals surface area (Å²) in [6.45, 7) is -0.866. The smallest absolute Gasteiger partial charge is 0.336 e. The Hall–Kier alpha value is -3.51. The van der Waals surface area contributed by atoms with Gasteiger partial charge in [0.25, 0.3) is 0 Å². The Balaban J connectivity index is 1.45. The van der Waals surface area contributed by atoms with E-state index in [0.717, 1.165) is 18.2 Å². The van der Waals surface area contributed by atoms with Gasteiger partial charge in [0.1, 0.15) is 59.8 Å². The Morgan fingerprint density at radius 2 is 1.54 bits per heavy atom. The summed E-state index contributed by atoms with van der Waals surface area (Å²) < 4.78 is 27.2. The molecule has 9 N–H and O–H groups in total. The van der Waals surface area contributed by atoms with E-state index in [9.17, 15) is 50.8 Å². The van der Waals surface area contributed by atoms with E-state index < -0.39 is 84.8 Å². The maximum Gasteiger partial charge on any atom is 0.336 e. The molecule has 15 nitrogen and oxygen atoms in total. The van der Waals surface area contributed by atoms with E-state index >= 15 is 0 Å². The molecule has 41 heavy (non-hydrogen) atoms. The molecule has 2 saturated heterocycles. The van der Waals surface area contributed by atoms with Gasteiger partial charge in [-0.1, -0.05) is 6.07 Å². The summed E-state index contributed by atoms with van der Waals surface area (Å²) in [5.41, 5.74) is -0.563. The van der Waals surface area contributed by atoms with Crippen LogP contribution in [0.15, 0.2) is 45.6 Å². The summed E-state index contributed by atoms with van der Waals surface area (Å²) >= 11 is 0. The van der Waals surface area contributed by atoms with Crippen molar-refractivity contribution < 1.29 is 69.3 Å². The van der Waals surface area contributed by atoms with Crippen LogP contribution in [-0.2, 0) is 14.2 Å². The van der Waals surface area contributed by atoms with Crippen LogP contribution in [0.4, 0.5) is 0 Å². The lowest BCUT2D eigenvalue weighted by atomic mass is 9.98. The molecule has 1 aromatic heterocycles. The van der Waals surface area contributed by atoms with E-state index in [-0.39, 0.29) is 34.5 Å². The van der Waals surface area contributed by atoms with Crippen LogP contribution in [-0.4, -0.2) is 114 Å². The second-order valence-electron chi connectivity index (χ2n) is 9.72. The molecule has 3 heterocycles. The molecule has 0 aliphatic carbocycles. The second kappa shape index (κ2) is 11.4. The monoisotopic (exact) mass is 580 g/mol. The number of rotatable bonds is 6. The van der Waals surface area contributed by atoms with Crippen molar-refractivity contribution in [3.05, 3.63) is 46.8 Å². The highest BCUT2D eigenvalue weighted by Gasteiger charge is 2.46. The van der Waals surface area contributed by atoms with Gasteiger partial charge in [-0.15, -0.1) is 0 Å². The first-order chi connectivity index (χ1) is 19.4. The van der Waals surface area contributed by atoms with Crippen LogP contribution >= 0.6 is 0 Å². The van der Waals surface area contributed by atoms with Crippen LogP contribution in [0.2, 0.25) is 0 Å². The molecule has 9 atom stereocenters. The van der Waals surface area contributed by atoms with Gasteiger partial charge < -0.3 is 69.3 Å². The van der Waals surface area contributed by atoms with Gasteiger partial charge in [0.15, 0.2) is 17.8 Å². The highest BCUT2D eigenvalue weighted by molar-refractivity contribution is 5.98. The maximum atomic E-state index is 12.3. The van der Waals surface area contributed by atoms with Crippen LogP contribution in [0.5, 0.6) is 23.0 Å². The number of ether oxygens (including phenoxy) is 4. The molecule has 2 aromatic carbocycles. The third-order valence-corrected chi connectivity index (χ3v) is 6.87. The third kappa shape index (κ3) is 5.67. The van der Waals surface area contributed by atoms with Gasteiger partial charge in [0.05, 0.1) is 18.6 Å². The fraction of sp³-hybridized carbons (Fsp3) is 0.423. The van der Waals surface area contributed by atoms with Crippen molar-refractivity contribution in [2.75, 3.05) is 13.2 Å². The first-order valence-corrected chi connectivity index (χ1v) is 12.4. The first-order valence-electron chi connectivity index (χ1n) is 12.4. The molecule has 3 aromatic rings. The first kappa shape index (κ1) is 29.0. The zero-order valence-electron chi connectivity index (χ0n) is 21.0. The number of benzene rings is 2. The summed E-state index contributed by atoms with van der Waals surface area (Å²) in [5, 5.41) is 91.2. The summed E-state index contributed by atoms with van der Waals surface area (Å²) in [7, 11) is 0. The molecular formula is C26H28O15. The molecule has 0 unspecified atom stereocenters. The van der Waals surface area contributed by atoms with Gasteiger partial charge >= 0.3 is 5.63 Å². The molecular weight excluding hydrogens is 552 g/mol. The molecule has 0 spiro atoms. The highest BCUT2D eigenvalue weighted by atomic mass is 16.7. The van der Waals surface area contributed by atoms with Gasteiger partial charge in [-0.2, -0.15) is 0 Å². The van der Waals surface area contributed by atoms with Crippen LogP contribution in [0.25, 0.3) is 22.1 Å². The van der Waals surface area contributed by atoms with Gasteiger partial charge in [-0.25, -0.2) is 4.79 Å². The number of aliphatic hydroxyl groups is 6. The fourth-order valence-corrected chi connectivity index (χ4v) is 4.65. The van der Waals surface area contributed by atoms with Gasteiger partial charge in [-0.3, -0.25) is 0 Å². The van der Waals surface area contributed by atoms with Gasteiger partial charge in [0.2, 0.25) is 6.29 Å². The average Bonchev–Trinajstić information content (AvgIpc) is 2.93. The Kier molecular flexibility index (Phi) is 8.06. The van der Waals surface area contributed by atoms with E-state index in [1.807, 2.05) is 0 Å². The predicted octanol–water partition coefficient (Wildman–Crippen LogP) is -1.78. The van der Waals surface area contributed by atoms with Crippen molar-refractivity contribution >= 4 is 11.0 Å². The van der Waals surface area contributed by atoms with Crippen molar-refractivity contribution in [2.24, 2.45) is 0 Å². The zero-order chi connectivity index (χ0) is 29.6. The minimum absolute atomic E-state index is 0.0861. The van der Waals surface area contributed by atoms with Crippen molar-refractivity contribution in [3.63, 3.8) is 0 Å². The third-order valence-electron chi connectivity index (χ3n) is 6.87. The van der Waals surface area contributed by atoms with Crippen molar-refractivity contribution in [1.82, 2.24) is 0 Å². The van der Waals surface area contributed by atoms with Crippen LogP contribution in [0, 0.1) is 0 Å². The lowest BCUT2D eigenvalue weighted by Crippen LogP contribution is -2.61. The molecule has 2 fully saturated rings. The van der Waals surface area contributed by atoms with E-state index in [4.69, 9.17) is 23.4 Å². The lowest BCUT2D eigenvalue weighted by molar-refractivity contribution is -0.307. The molecule has 0 amide bonds. The Labute approximate surface area is 230 Å². The number of aliphatic hydroxyl groups excluding tert-OH is 6. The minimum atomic E-state index is -1.83. The molecule has 2 aliphatic rings. The number of fused-ring (bicyclic) bond motifs is 1. The topological polar surface area (TPSA) is 249 Å². The SMILES string of the molecule is O=c1cc(-c2ccc(O)c(O)c2)c2c(O[C@H]3O[C@@H](CO[C@@H]4OC[C@@H](O)[C@@H](O)[C@H]4O)[C@@H](O)[C@@H](O)[C@H]3O)cc(O)cc2o1. The average molecular weight is 580 g/mol. The number of phenols is 3. The second-order valence-corrected chi connectivity index (χ2v) is 9.72. The molecule has 0 saturated carbocycles. The van der Waals surface area contributed by atoms with Crippen LogP contribution in [0.1, 0.15) is 0 Å². The molecule has 5 rings (SSSR count). The Morgan fingerprint density at radius 1 is 0.805 bits per heavy atom. The lowest BCUT2D eigenvalue weighted by Gasteiger charge is -2.41. The number of aromatic hydroxyl groups is 3. The van der Waals surface area contributed by atoms with Crippen molar-refractivity contribution in [2.45, 2.75) is 55.3 Å². The van der Waals surface area contributed by atoms with E-state index in [1.165, 1.54) is 18.2 Å². The molecule has 222 valence electrons. The normalized spacial score (nSPS) is 32.2. The minimum Gasteiger partial charge on any atom is -0.508 e. The van der Waals surface area contributed by atoms with E-state index in [2.05, 4.69) is 0 Å². The van der Waals surface area contributed by atoms with Gasteiger partial charge in [-0.05, 0) is 17.7 Å². The summed E-state index contributed by atoms with van der Waals surface area (Å²) in [6, 6.07) is 7.08. The Morgan fingerprint density at radius 3 is 2.27 bits per heavy atom. The van der Waals surface area contributed by atoms with E-state index in [1.54, 1.807) is 0 Å². The predicted molar refractivity (Wildman–Crippen MR) is 134 cm³/mol. The van der Waals surface area contributed by atoms with Crippen molar-refractivity contribution in [1.29, 1.82) is 0 Å². The number of hydrogen-bond donors (Lipinski definition) is 9. The maximum absolute atomic E-state index is 12.3. The highest BCUT2D eigenvalue weighted by Crippen LogP contribution is 2.40. The standard InChI is InChI=1S/C26H28O15/c27-10-4-15-19(11(6-18(31)39-15)9-1-2-12(28)13(29)3-9)16(5-10)40-26-24(36)22(34)21(33)17(41-26)8-38-25-23(35)20(32)14(30)7-37-25/h1-6,14,17,20-30,32-36H,7-8H2/t14-,17+,20-,21-,22-,23-,24-,25+,26+/m1/s1. The molecule has 0 bridgehead atoms. The Bertz CT molecular complexity index is 1460. The number of hydrogen-bond acceptors (Lipinski definition) is 15. The van der Waals surface area contributed by atoms with Crippen LogP contribution in [0.3, 0.4) is 0 Å². The van der Waals surface area contributed by atoms with Gasteiger partial charge in [0, 0.05) is 23.8 Å². The fourth-order valence-electron chi connectivity index (χ4n) is 4.65. The zero-order valence-corrected chi connectivity index (χ0v) is 21.0. The van der Waals surface area contributed by atoms with Crippen LogP contribution < -0.4 is 10.4 Å². The van der Waals surface area contributed by atoms with E-state index in [0.29, 0.717) is 0 Å². The summed E-state index contributed by atoms with van der Waals surface area (Å²) in [5.74, 6) is -1.49. The summed E-state index contributed by atoms with van der Waals surface area (Å²) in [6.07, 6.45) is -14.3. The van der Waals surface area contributed by atoms with Crippen molar-refractivity contribution in [3.8, 4) is 34.1 Å². The number of phenolic OH excluding ortho intramolecular Hbond substituents is 3.